The van der Waals surface area contributed by atoms with E-state index in [-0.39, 0.29) is 17.6 Å². The molecule has 0 atom stereocenters. The SMILES string of the molecule is Cl.ON=C(Cl)Cc1ccc(CCc2ccccn2)cc1. The Labute approximate surface area is 129 Å². The van der Waals surface area contributed by atoms with Crippen LogP contribution >= 0.6 is 24.0 Å². The predicted molar refractivity (Wildman–Crippen MR) is 84.1 cm³/mol. The van der Waals surface area contributed by atoms with Gasteiger partial charge in [0.25, 0.3) is 0 Å². The van der Waals surface area contributed by atoms with E-state index in [1.165, 1.54) is 5.56 Å². The maximum atomic E-state index is 8.51. The summed E-state index contributed by atoms with van der Waals surface area (Å²) in [4.78, 5) is 4.30. The Bertz CT molecular complexity index is 542. The van der Waals surface area contributed by atoms with Gasteiger partial charge < -0.3 is 5.21 Å². The maximum Gasteiger partial charge on any atom is 0.149 e. The summed E-state index contributed by atoms with van der Waals surface area (Å²) in [5, 5.41) is 11.7. The highest BCUT2D eigenvalue weighted by Crippen LogP contribution is 2.09. The number of aromatic nitrogens is 1. The fourth-order valence-electron chi connectivity index (χ4n) is 1.85. The average Bonchev–Trinajstić information content (AvgIpc) is 2.47. The summed E-state index contributed by atoms with van der Waals surface area (Å²) in [6.45, 7) is 0. The first-order valence-corrected chi connectivity index (χ1v) is 6.50. The topological polar surface area (TPSA) is 45.5 Å². The van der Waals surface area contributed by atoms with Crippen LogP contribution < -0.4 is 0 Å². The van der Waals surface area contributed by atoms with Gasteiger partial charge in [0, 0.05) is 18.3 Å². The minimum Gasteiger partial charge on any atom is -0.410 e. The molecular formula is C15H16Cl2N2O. The number of benzene rings is 1. The van der Waals surface area contributed by atoms with Crippen molar-refractivity contribution >= 4 is 29.2 Å². The molecule has 0 radical (unpaired) electrons. The van der Waals surface area contributed by atoms with Crippen LogP contribution in [-0.2, 0) is 19.3 Å². The van der Waals surface area contributed by atoms with E-state index in [9.17, 15) is 0 Å². The second-order valence-corrected chi connectivity index (χ2v) is 4.73. The van der Waals surface area contributed by atoms with Gasteiger partial charge in [-0.15, -0.1) is 12.4 Å². The van der Waals surface area contributed by atoms with Gasteiger partial charge in [-0.3, -0.25) is 4.98 Å². The van der Waals surface area contributed by atoms with E-state index < -0.39 is 0 Å². The Morgan fingerprint density at radius 1 is 1.05 bits per heavy atom. The van der Waals surface area contributed by atoms with Gasteiger partial charge in [0.1, 0.15) is 5.17 Å². The number of aryl methyl sites for hydroxylation is 2. The molecule has 106 valence electrons. The Kier molecular flexibility index (Phi) is 7.05. The van der Waals surface area contributed by atoms with Crippen molar-refractivity contribution in [3.63, 3.8) is 0 Å². The number of hydrogen-bond acceptors (Lipinski definition) is 3. The molecule has 20 heavy (non-hydrogen) atoms. The summed E-state index contributed by atoms with van der Waals surface area (Å²) in [5.74, 6) is 0. The quantitative estimate of drug-likeness (QED) is 0.518. The molecule has 0 fully saturated rings. The fourth-order valence-corrected chi connectivity index (χ4v) is 2.00. The van der Waals surface area contributed by atoms with Crippen molar-refractivity contribution < 1.29 is 5.21 Å². The lowest BCUT2D eigenvalue weighted by Crippen LogP contribution is -1.96. The lowest BCUT2D eigenvalue weighted by atomic mass is 10.0. The Balaban J connectivity index is 0.00000200. The fraction of sp³-hybridized carbons (Fsp3) is 0.200. The second-order valence-electron chi connectivity index (χ2n) is 4.29. The minimum atomic E-state index is 0. The normalized spacial score (nSPS) is 10.9. The van der Waals surface area contributed by atoms with Gasteiger partial charge in [0.05, 0.1) is 0 Å². The van der Waals surface area contributed by atoms with Crippen molar-refractivity contribution in [1.29, 1.82) is 0 Å². The van der Waals surface area contributed by atoms with Gasteiger partial charge in [-0.2, -0.15) is 0 Å². The summed E-state index contributed by atoms with van der Waals surface area (Å²) in [6, 6.07) is 14.1. The first-order valence-electron chi connectivity index (χ1n) is 6.12. The molecule has 0 aliphatic rings. The number of pyridine rings is 1. The van der Waals surface area contributed by atoms with Gasteiger partial charge in [-0.25, -0.2) is 0 Å². The van der Waals surface area contributed by atoms with Crippen LogP contribution in [0.25, 0.3) is 0 Å². The van der Waals surface area contributed by atoms with Gasteiger partial charge in [-0.1, -0.05) is 47.1 Å². The lowest BCUT2D eigenvalue weighted by molar-refractivity contribution is 0.319. The summed E-state index contributed by atoms with van der Waals surface area (Å²) in [7, 11) is 0. The summed E-state index contributed by atoms with van der Waals surface area (Å²) < 4.78 is 0. The molecule has 0 unspecified atom stereocenters. The van der Waals surface area contributed by atoms with E-state index in [1.807, 2.05) is 36.5 Å². The monoisotopic (exact) mass is 310 g/mol. The molecule has 5 heteroatoms. The van der Waals surface area contributed by atoms with Crippen LogP contribution in [0.3, 0.4) is 0 Å². The van der Waals surface area contributed by atoms with Crippen LogP contribution in [0.5, 0.6) is 0 Å². The first-order chi connectivity index (χ1) is 9.28. The number of hydrogen-bond donors (Lipinski definition) is 1. The highest BCUT2D eigenvalue weighted by molar-refractivity contribution is 6.65. The molecule has 0 aliphatic carbocycles. The number of nitrogens with zero attached hydrogens (tertiary/aromatic N) is 2. The first kappa shape index (κ1) is 16.5. The zero-order chi connectivity index (χ0) is 13.5. The van der Waals surface area contributed by atoms with Gasteiger partial charge >= 0.3 is 0 Å². The third kappa shape index (κ3) is 5.19. The lowest BCUT2D eigenvalue weighted by Gasteiger charge is -2.03. The van der Waals surface area contributed by atoms with E-state index in [0.29, 0.717) is 6.42 Å². The highest BCUT2D eigenvalue weighted by Gasteiger charge is 2.00. The molecule has 0 bridgehead atoms. The number of oxime groups is 1. The molecule has 2 rings (SSSR count). The van der Waals surface area contributed by atoms with E-state index >= 15 is 0 Å². The van der Waals surface area contributed by atoms with Crippen LogP contribution in [0, 0.1) is 0 Å². The Morgan fingerprint density at radius 2 is 1.75 bits per heavy atom. The molecular weight excluding hydrogens is 295 g/mol. The molecule has 1 heterocycles. The van der Waals surface area contributed by atoms with Crippen LogP contribution in [-0.4, -0.2) is 15.4 Å². The zero-order valence-corrected chi connectivity index (χ0v) is 12.4. The van der Waals surface area contributed by atoms with E-state index in [4.69, 9.17) is 16.8 Å². The standard InChI is InChI=1S/C15H15ClN2O.ClH/c16-15(18-19)11-13-6-4-12(5-7-13)8-9-14-3-1-2-10-17-14;/h1-7,10,19H,8-9,11H2;1H. The predicted octanol–water partition coefficient (Wildman–Crippen LogP) is 3.86. The number of halogens is 2. The minimum absolute atomic E-state index is 0. The second kappa shape index (κ2) is 8.56. The van der Waals surface area contributed by atoms with E-state index in [0.717, 1.165) is 24.1 Å². The molecule has 0 saturated carbocycles. The van der Waals surface area contributed by atoms with Gasteiger partial charge in [0.15, 0.2) is 0 Å². The van der Waals surface area contributed by atoms with Crippen LogP contribution in [0.4, 0.5) is 0 Å². The molecule has 1 N–H and O–H groups in total. The smallest absolute Gasteiger partial charge is 0.149 e. The largest absolute Gasteiger partial charge is 0.410 e. The van der Waals surface area contributed by atoms with Crippen molar-refractivity contribution in [3.05, 3.63) is 65.5 Å². The van der Waals surface area contributed by atoms with Gasteiger partial charge in [-0.05, 0) is 36.1 Å². The summed E-state index contributed by atoms with van der Waals surface area (Å²) >= 11 is 5.67. The molecule has 0 spiro atoms. The van der Waals surface area contributed by atoms with Crippen molar-refractivity contribution in [2.75, 3.05) is 0 Å². The van der Waals surface area contributed by atoms with Gasteiger partial charge in [0.2, 0.25) is 0 Å². The average molecular weight is 311 g/mol. The molecule has 1 aromatic heterocycles. The van der Waals surface area contributed by atoms with E-state index in [2.05, 4.69) is 22.3 Å². The van der Waals surface area contributed by atoms with Crippen molar-refractivity contribution in [3.8, 4) is 0 Å². The third-order valence-electron chi connectivity index (χ3n) is 2.88. The molecule has 0 aliphatic heterocycles. The van der Waals surface area contributed by atoms with Crippen LogP contribution in [0.1, 0.15) is 16.8 Å². The third-order valence-corrected chi connectivity index (χ3v) is 3.09. The number of rotatable bonds is 5. The summed E-state index contributed by atoms with van der Waals surface area (Å²) in [5.41, 5.74) is 3.39. The molecule has 0 saturated heterocycles. The molecule has 1 aromatic carbocycles. The molecule has 2 aromatic rings. The highest BCUT2D eigenvalue weighted by atomic mass is 35.5. The maximum absolute atomic E-state index is 8.51. The van der Waals surface area contributed by atoms with Crippen molar-refractivity contribution in [2.24, 2.45) is 5.16 Å². The van der Waals surface area contributed by atoms with Crippen LogP contribution in [0.2, 0.25) is 0 Å². The van der Waals surface area contributed by atoms with E-state index in [1.54, 1.807) is 0 Å². The summed E-state index contributed by atoms with van der Waals surface area (Å²) in [6.07, 6.45) is 4.16. The Hall–Kier alpha value is -1.58. The molecule has 3 nitrogen and oxygen atoms in total. The van der Waals surface area contributed by atoms with Crippen molar-refractivity contribution in [2.45, 2.75) is 19.3 Å². The Morgan fingerprint density at radius 3 is 2.35 bits per heavy atom. The van der Waals surface area contributed by atoms with Crippen molar-refractivity contribution in [1.82, 2.24) is 4.98 Å². The van der Waals surface area contributed by atoms with Crippen LogP contribution in [0.15, 0.2) is 53.8 Å². The molecule has 0 amide bonds. The zero-order valence-electron chi connectivity index (χ0n) is 10.9.